The minimum absolute atomic E-state index is 0.125. The molecule has 0 aromatic carbocycles. The van der Waals surface area contributed by atoms with E-state index >= 15 is 0 Å². The summed E-state index contributed by atoms with van der Waals surface area (Å²) in [5, 5.41) is 7.06. The summed E-state index contributed by atoms with van der Waals surface area (Å²) >= 11 is 0. The van der Waals surface area contributed by atoms with Crippen molar-refractivity contribution >= 4 is 16.0 Å². The first-order valence-electron chi connectivity index (χ1n) is 9.87. The van der Waals surface area contributed by atoms with E-state index in [1.54, 1.807) is 13.2 Å². The molecular weight excluding hydrogens is 382 g/mol. The van der Waals surface area contributed by atoms with Gasteiger partial charge in [-0.1, -0.05) is 5.16 Å². The molecule has 2 aliphatic rings. The Bertz CT molecular complexity index is 738. The topological polar surface area (TPSA) is 100 Å². The van der Waals surface area contributed by atoms with Crippen LogP contribution >= 0.6 is 0 Å². The third kappa shape index (κ3) is 5.45. The maximum atomic E-state index is 12.6. The summed E-state index contributed by atoms with van der Waals surface area (Å²) < 4.78 is 36.7. The molecule has 1 aromatic rings. The van der Waals surface area contributed by atoms with E-state index in [4.69, 9.17) is 14.3 Å². The Morgan fingerprint density at radius 1 is 1.36 bits per heavy atom. The van der Waals surface area contributed by atoms with Crippen molar-refractivity contribution in [2.45, 2.75) is 31.9 Å². The van der Waals surface area contributed by atoms with E-state index in [-0.39, 0.29) is 5.75 Å². The fourth-order valence-corrected chi connectivity index (χ4v) is 4.84. The molecule has 2 fully saturated rings. The minimum atomic E-state index is -3.39. The first kappa shape index (κ1) is 21.1. The van der Waals surface area contributed by atoms with Crippen LogP contribution in [0, 0.1) is 5.41 Å². The van der Waals surface area contributed by atoms with Crippen molar-refractivity contribution in [2.75, 3.05) is 53.0 Å². The number of ether oxygens (including phenoxy) is 1. The number of rotatable bonds is 9. The van der Waals surface area contributed by atoms with Gasteiger partial charge >= 0.3 is 0 Å². The van der Waals surface area contributed by atoms with E-state index in [1.165, 1.54) is 23.4 Å². The summed E-state index contributed by atoms with van der Waals surface area (Å²) in [6.07, 6.45) is 4.84. The third-order valence-corrected chi connectivity index (χ3v) is 7.26. The minimum Gasteiger partial charge on any atom is -0.385 e. The van der Waals surface area contributed by atoms with Crippen LogP contribution in [0.2, 0.25) is 0 Å². The monoisotopic (exact) mass is 413 g/mol. The number of hydrogen-bond acceptors (Lipinski definition) is 6. The molecule has 1 aliphatic carbocycles. The Kier molecular flexibility index (Phi) is 6.95. The zero-order chi connectivity index (χ0) is 20.0. The van der Waals surface area contributed by atoms with E-state index in [0.29, 0.717) is 37.3 Å². The number of methoxy groups -OCH3 is 1. The van der Waals surface area contributed by atoms with Gasteiger partial charge in [-0.2, -0.15) is 4.31 Å². The van der Waals surface area contributed by atoms with Crippen LogP contribution < -0.4 is 5.32 Å². The van der Waals surface area contributed by atoms with Crippen molar-refractivity contribution in [3.8, 4) is 0 Å². The number of sulfonamides is 1. The summed E-state index contributed by atoms with van der Waals surface area (Å²) in [6, 6.07) is 1.58. The predicted molar refractivity (Wildman–Crippen MR) is 106 cm³/mol. The molecule has 1 aliphatic heterocycles. The lowest BCUT2D eigenvalue weighted by Crippen LogP contribution is -2.54. The standard InChI is InChI=1S/C18H31N5O4S/c1-3-19-17(20-15-18(5-6-18)7-13-26-2)22-8-10-23(11-9-22)28(24,25)14-16-4-12-27-21-16/h4,12H,3,5-11,13-15H2,1-2H3,(H,19,20). The predicted octanol–water partition coefficient (Wildman–Crippen LogP) is 0.904. The Labute approximate surface area is 167 Å². The lowest BCUT2D eigenvalue weighted by Gasteiger charge is -2.36. The van der Waals surface area contributed by atoms with Crippen molar-refractivity contribution in [3.05, 3.63) is 18.0 Å². The summed E-state index contributed by atoms with van der Waals surface area (Å²) in [4.78, 5) is 7.01. The van der Waals surface area contributed by atoms with E-state index in [9.17, 15) is 8.42 Å². The van der Waals surface area contributed by atoms with Gasteiger partial charge in [0.05, 0.1) is 5.69 Å². The fourth-order valence-electron chi connectivity index (χ4n) is 3.42. The van der Waals surface area contributed by atoms with Crippen LogP contribution in [0.15, 0.2) is 21.8 Å². The molecule has 1 saturated carbocycles. The van der Waals surface area contributed by atoms with Gasteiger partial charge in [-0.3, -0.25) is 4.99 Å². The van der Waals surface area contributed by atoms with Gasteiger partial charge in [-0.15, -0.1) is 0 Å². The highest BCUT2D eigenvalue weighted by atomic mass is 32.2. The van der Waals surface area contributed by atoms with Crippen LogP contribution in [0.25, 0.3) is 0 Å². The number of guanidine groups is 1. The number of nitrogens with zero attached hydrogens (tertiary/aromatic N) is 4. The van der Waals surface area contributed by atoms with Gasteiger partial charge in [-0.05, 0) is 31.6 Å². The van der Waals surface area contributed by atoms with E-state index in [1.807, 2.05) is 6.92 Å². The van der Waals surface area contributed by atoms with Crippen LogP contribution in [-0.4, -0.2) is 81.7 Å². The first-order valence-corrected chi connectivity index (χ1v) is 11.5. The van der Waals surface area contributed by atoms with Crippen molar-refractivity contribution in [3.63, 3.8) is 0 Å². The van der Waals surface area contributed by atoms with Gasteiger partial charge in [0.25, 0.3) is 0 Å². The highest BCUT2D eigenvalue weighted by Crippen LogP contribution is 2.49. The molecule has 158 valence electrons. The van der Waals surface area contributed by atoms with Crippen LogP contribution in [-0.2, 0) is 20.5 Å². The SMILES string of the molecule is CCNC(=NCC1(CCOC)CC1)N1CCN(S(=O)(=O)Cc2ccon2)CC1. The summed E-state index contributed by atoms with van der Waals surface area (Å²) in [5.41, 5.74) is 0.725. The van der Waals surface area contributed by atoms with Crippen molar-refractivity contribution in [1.29, 1.82) is 0 Å². The van der Waals surface area contributed by atoms with Gasteiger partial charge in [0.1, 0.15) is 12.0 Å². The average Bonchev–Trinajstić information content (AvgIpc) is 3.29. The van der Waals surface area contributed by atoms with Gasteiger partial charge < -0.3 is 19.5 Å². The van der Waals surface area contributed by atoms with E-state index in [2.05, 4.69) is 15.4 Å². The molecule has 0 bridgehead atoms. The van der Waals surface area contributed by atoms with Crippen LogP contribution in [0.1, 0.15) is 31.9 Å². The molecule has 3 rings (SSSR count). The summed E-state index contributed by atoms with van der Waals surface area (Å²) in [7, 11) is -1.66. The second kappa shape index (κ2) is 9.23. The van der Waals surface area contributed by atoms with E-state index < -0.39 is 10.0 Å². The average molecular weight is 414 g/mol. The molecule has 1 saturated heterocycles. The first-order chi connectivity index (χ1) is 13.5. The second-order valence-corrected chi connectivity index (χ2v) is 9.51. The Morgan fingerprint density at radius 3 is 2.68 bits per heavy atom. The molecule has 1 aromatic heterocycles. The van der Waals surface area contributed by atoms with Crippen LogP contribution in [0.5, 0.6) is 0 Å². The van der Waals surface area contributed by atoms with Crippen molar-refractivity contribution in [2.24, 2.45) is 10.4 Å². The highest BCUT2D eigenvalue weighted by Gasteiger charge is 2.42. The number of piperazine rings is 1. The lowest BCUT2D eigenvalue weighted by atomic mass is 10.0. The largest absolute Gasteiger partial charge is 0.385 e. The number of hydrogen-bond donors (Lipinski definition) is 1. The molecule has 0 unspecified atom stereocenters. The molecule has 0 amide bonds. The highest BCUT2D eigenvalue weighted by molar-refractivity contribution is 7.88. The normalized spacial score (nSPS) is 20.4. The molecule has 2 heterocycles. The molecule has 0 radical (unpaired) electrons. The number of nitrogens with one attached hydrogen (secondary N) is 1. The maximum Gasteiger partial charge on any atom is 0.220 e. The van der Waals surface area contributed by atoms with Crippen molar-refractivity contribution < 1.29 is 17.7 Å². The number of aromatic nitrogens is 1. The van der Waals surface area contributed by atoms with E-state index in [0.717, 1.165) is 32.1 Å². The smallest absolute Gasteiger partial charge is 0.220 e. The van der Waals surface area contributed by atoms with Gasteiger partial charge in [0, 0.05) is 59.1 Å². The number of aliphatic imine (C=N–C) groups is 1. The fraction of sp³-hybridized carbons (Fsp3) is 0.778. The maximum absolute atomic E-state index is 12.6. The summed E-state index contributed by atoms with van der Waals surface area (Å²) in [6.45, 7) is 6.53. The quantitative estimate of drug-likeness (QED) is 0.474. The lowest BCUT2D eigenvalue weighted by molar-refractivity contribution is 0.173. The Hall–Kier alpha value is -1.65. The Morgan fingerprint density at radius 2 is 2.11 bits per heavy atom. The molecule has 0 atom stereocenters. The molecular formula is C18H31N5O4S. The molecule has 9 nitrogen and oxygen atoms in total. The van der Waals surface area contributed by atoms with Gasteiger partial charge in [0.2, 0.25) is 10.0 Å². The van der Waals surface area contributed by atoms with Gasteiger partial charge in [0.15, 0.2) is 5.96 Å². The second-order valence-electron chi connectivity index (χ2n) is 7.55. The summed E-state index contributed by atoms with van der Waals surface area (Å²) in [5.74, 6) is 0.749. The zero-order valence-corrected chi connectivity index (χ0v) is 17.6. The van der Waals surface area contributed by atoms with Gasteiger partial charge in [-0.25, -0.2) is 8.42 Å². The van der Waals surface area contributed by atoms with Crippen LogP contribution in [0.3, 0.4) is 0 Å². The Balaban J connectivity index is 1.56. The molecule has 28 heavy (non-hydrogen) atoms. The zero-order valence-electron chi connectivity index (χ0n) is 16.8. The third-order valence-electron chi connectivity index (χ3n) is 5.45. The van der Waals surface area contributed by atoms with Crippen molar-refractivity contribution in [1.82, 2.24) is 19.7 Å². The molecule has 0 spiro atoms. The molecule has 1 N–H and O–H groups in total. The van der Waals surface area contributed by atoms with Crippen LogP contribution in [0.4, 0.5) is 0 Å². The molecule has 10 heteroatoms.